The lowest BCUT2D eigenvalue weighted by molar-refractivity contribution is -0.110. The zero-order chi connectivity index (χ0) is 14.3. The maximum Gasteiger partial charge on any atom is 0.155 e. The fourth-order valence-electron chi connectivity index (χ4n) is 2.58. The van der Waals surface area contributed by atoms with Crippen LogP contribution in [0.5, 0.6) is 0 Å². The molecule has 4 nitrogen and oxygen atoms in total. The summed E-state index contributed by atoms with van der Waals surface area (Å²) < 4.78 is 24.1. The Kier molecular flexibility index (Phi) is 3.23. The average molecular weight is 277 g/mol. The van der Waals surface area contributed by atoms with Gasteiger partial charge in [0, 0.05) is 11.7 Å². The van der Waals surface area contributed by atoms with E-state index in [-0.39, 0.29) is 5.75 Å². The molecule has 1 aliphatic rings. The molecule has 100 valence electrons. The Bertz CT molecular complexity index is 642. The summed E-state index contributed by atoms with van der Waals surface area (Å²) in [4.78, 5) is 11.3. The largest absolute Gasteiger partial charge is 0.302 e. The molecule has 19 heavy (non-hydrogen) atoms. The molecule has 0 spiro atoms. The lowest BCUT2D eigenvalue weighted by Gasteiger charge is -2.01. The third kappa shape index (κ3) is 1.96. The van der Waals surface area contributed by atoms with Gasteiger partial charge in [0.2, 0.25) is 0 Å². The topological polar surface area (TPSA) is 75.0 Å². The third-order valence-electron chi connectivity index (χ3n) is 3.79. The first-order chi connectivity index (χ1) is 8.93. The monoisotopic (exact) mass is 277 g/mol. The summed E-state index contributed by atoms with van der Waals surface area (Å²) in [6, 6.07) is 9.21. The molecule has 3 atom stereocenters. The van der Waals surface area contributed by atoms with Gasteiger partial charge in [-0.3, -0.25) is 0 Å². The van der Waals surface area contributed by atoms with E-state index in [0.29, 0.717) is 6.29 Å². The number of aryl methyl sites for hydroxylation is 1. The minimum Gasteiger partial charge on any atom is -0.302 e. The van der Waals surface area contributed by atoms with Crippen LogP contribution in [-0.4, -0.2) is 25.7 Å². The van der Waals surface area contributed by atoms with Gasteiger partial charge in [-0.1, -0.05) is 36.8 Å². The van der Waals surface area contributed by atoms with E-state index in [1.165, 1.54) is 6.92 Å². The van der Waals surface area contributed by atoms with E-state index in [1.807, 2.05) is 25.1 Å². The Morgan fingerprint density at radius 3 is 2.37 bits per heavy atom. The first kappa shape index (κ1) is 13.8. The normalized spacial score (nSPS) is 29.5. The molecule has 5 heteroatoms. The predicted molar refractivity (Wildman–Crippen MR) is 71.3 cm³/mol. The number of nitrogens with zero attached hydrogens (tertiary/aromatic N) is 1. The van der Waals surface area contributed by atoms with Gasteiger partial charge >= 0.3 is 0 Å². The van der Waals surface area contributed by atoms with Crippen LogP contribution in [0.4, 0.5) is 0 Å². The van der Waals surface area contributed by atoms with Gasteiger partial charge in [-0.25, -0.2) is 8.42 Å². The Morgan fingerprint density at radius 2 is 1.95 bits per heavy atom. The number of aldehydes is 1. The number of hydrogen-bond acceptors (Lipinski definition) is 4. The summed E-state index contributed by atoms with van der Waals surface area (Å²) in [5, 5.41) is 8.32. The molecule has 0 unspecified atom stereocenters. The zero-order valence-corrected chi connectivity index (χ0v) is 11.6. The van der Waals surface area contributed by atoms with Crippen molar-refractivity contribution >= 4 is 16.1 Å². The molecule has 0 N–H and O–H groups in total. The standard InChI is InChI=1S/C14H15NO3S/c1-3-19(17,18)13-12(14(13,8-15)9-16)11-6-4-10(2)5-7-11/h4-7,9,12-13H,3H2,1-2H3/t12-,13+,14-/m1/s1. The SMILES string of the molecule is CCS(=O)(=O)[C@H]1[C@@H](c2ccc(C)cc2)[C@@]1(C#N)C=O. The van der Waals surface area contributed by atoms with Gasteiger partial charge in [0.05, 0.1) is 11.3 Å². The maximum absolute atomic E-state index is 12.0. The van der Waals surface area contributed by atoms with Gasteiger partial charge in [0.25, 0.3) is 0 Å². The fourth-order valence-corrected chi connectivity index (χ4v) is 4.51. The van der Waals surface area contributed by atoms with Crippen LogP contribution in [0.25, 0.3) is 0 Å². The van der Waals surface area contributed by atoms with Crippen LogP contribution in [0.3, 0.4) is 0 Å². The lowest BCUT2D eigenvalue weighted by Crippen LogP contribution is -2.17. The summed E-state index contributed by atoms with van der Waals surface area (Å²) in [6.07, 6.45) is 0.495. The van der Waals surface area contributed by atoms with E-state index in [1.54, 1.807) is 12.1 Å². The van der Waals surface area contributed by atoms with Crippen molar-refractivity contribution in [3.05, 3.63) is 35.4 Å². The van der Waals surface area contributed by atoms with Gasteiger partial charge in [-0.15, -0.1) is 0 Å². The second-order valence-electron chi connectivity index (χ2n) is 4.92. The van der Waals surface area contributed by atoms with Crippen molar-refractivity contribution in [2.45, 2.75) is 25.0 Å². The third-order valence-corrected chi connectivity index (χ3v) is 6.03. The van der Waals surface area contributed by atoms with E-state index in [9.17, 15) is 18.5 Å². The quantitative estimate of drug-likeness (QED) is 0.783. The molecule has 0 aliphatic heterocycles. The van der Waals surface area contributed by atoms with E-state index in [2.05, 4.69) is 0 Å². The van der Waals surface area contributed by atoms with E-state index in [4.69, 9.17) is 0 Å². The first-order valence-corrected chi connectivity index (χ1v) is 7.80. The molecule has 1 aromatic rings. The Morgan fingerprint density at radius 1 is 1.37 bits per heavy atom. The van der Waals surface area contributed by atoms with Crippen molar-refractivity contribution in [2.24, 2.45) is 5.41 Å². The fraction of sp³-hybridized carbons (Fsp3) is 0.429. The van der Waals surface area contributed by atoms with Crippen LogP contribution < -0.4 is 0 Å². The lowest BCUT2D eigenvalue weighted by atomic mass is 10.0. The Labute approximate surface area is 113 Å². The summed E-state index contributed by atoms with van der Waals surface area (Å²) >= 11 is 0. The van der Waals surface area contributed by atoms with Gasteiger partial charge in [-0.05, 0) is 12.5 Å². The highest BCUT2D eigenvalue weighted by molar-refractivity contribution is 7.92. The van der Waals surface area contributed by atoms with Crippen LogP contribution in [-0.2, 0) is 14.6 Å². The molecule has 1 aliphatic carbocycles. The number of sulfone groups is 1. The molecule has 0 radical (unpaired) electrons. The molecule has 1 saturated carbocycles. The van der Waals surface area contributed by atoms with Crippen molar-refractivity contribution in [3.8, 4) is 6.07 Å². The van der Waals surface area contributed by atoms with Crippen molar-refractivity contribution in [1.29, 1.82) is 5.26 Å². The molecule has 1 fully saturated rings. The maximum atomic E-state index is 12.0. The van der Waals surface area contributed by atoms with Crippen LogP contribution in [0.2, 0.25) is 0 Å². The molecule has 1 aromatic carbocycles. The van der Waals surface area contributed by atoms with Crippen molar-refractivity contribution in [3.63, 3.8) is 0 Å². The summed E-state index contributed by atoms with van der Waals surface area (Å²) in [5.74, 6) is -0.599. The number of carbonyl (C=O) groups is 1. The molecular formula is C14H15NO3S. The number of rotatable bonds is 4. The molecule has 0 aromatic heterocycles. The zero-order valence-electron chi connectivity index (χ0n) is 10.8. The smallest absolute Gasteiger partial charge is 0.155 e. The van der Waals surface area contributed by atoms with E-state index >= 15 is 0 Å². The van der Waals surface area contributed by atoms with Crippen molar-refractivity contribution in [2.75, 3.05) is 5.75 Å². The second-order valence-corrected chi connectivity index (χ2v) is 7.33. The van der Waals surface area contributed by atoms with Crippen LogP contribution >= 0.6 is 0 Å². The minimum absolute atomic E-state index is 0.0582. The number of hydrogen-bond donors (Lipinski definition) is 0. The number of carbonyl (C=O) groups excluding carboxylic acids is 1. The van der Waals surface area contributed by atoms with Crippen LogP contribution in [0.1, 0.15) is 24.0 Å². The second kappa shape index (κ2) is 4.46. The Balaban J connectivity index is 2.49. The van der Waals surface area contributed by atoms with Crippen LogP contribution in [0.15, 0.2) is 24.3 Å². The minimum atomic E-state index is -3.42. The summed E-state index contributed by atoms with van der Waals surface area (Å²) in [7, 11) is -3.42. The van der Waals surface area contributed by atoms with Crippen molar-refractivity contribution in [1.82, 2.24) is 0 Å². The predicted octanol–water partition coefficient (Wildman–Crippen LogP) is 1.60. The molecule has 2 rings (SSSR count). The summed E-state index contributed by atoms with van der Waals surface area (Å²) in [5.41, 5.74) is 0.374. The first-order valence-electron chi connectivity index (χ1n) is 6.08. The summed E-state index contributed by atoms with van der Waals surface area (Å²) in [6.45, 7) is 3.46. The number of nitriles is 1. The highest BCUT2D eigenvalue weighted by Crippen LogP contribution is 2.61. The molecule has 0 heterocycles. The molecule has 0 saturated heterocycles. The average Bonchev–Trinajstić information content (AvgIpc) is 3.10. The highest BCUT2D eigenvalue weighted by Gasteiger charge is 2.72. The Hall–Kier alpha value is -1.67. The van der Waals surface area contributed by atoms with Gasteiger partial charge in [0.1, 0.15) is 11.7 Å². The van der Waals surface area contributed by atoms with E-state index in [0.717, 1.165) is 11.1 Å². The van der Waals surface area contributed by atoms with Gasteiger partial charge in [-0.2, -0.15) is 5.26 Å². The molecule has 0 bridgehead atoms. The molecular weight excluding hydrogens is 262 g/mol. The number of benzene rings is 1. The van der Waals surface area contributed by atoms with Gasteiger partial charge in [0.15, 0.2) is 9.84 Å². The van der Waals surface area contributed by atoms with Crippen molar-refractivity contribution < 1.29 is 13.2 Å². The van der Waals surface area contributed by atoms with E-state index < -0.39 is 26.4 Å². The highest BCUT2D eigenvalue weighted by atomic mass is 32.2. The molecule has 0 amide bonds. The van der Waals surface area contributed by atoms with Crippen LogP contribution in [0, 0.1) is 23.7 Å². The van der Waals surface area contributed by atoms with Gasteiger partial charge < -0.3 is 4.79 Å².